The standard InChI is InChI=1S/C19H20N4O2S/c1-25-14-2-5-17-12(10-14)11-18(26-17)15-3-4-16(23-22-15)19(24)21-13-6-8-20-9-7-13/h2-5,10-11,13,20H,6-9H2,1H3,(H,21,24). The van der Waals surface area contributed by atoms with Gasteiger partial charge in [0.05, 0.1) is 12.0 Å². The van der Waals surface area contributed by atoms with Crippen molar-refractivity contribution >= 4 is 27.3 Å². The molecule has 6 nitrogen and oxygen atoms in total. The lowest BCUT2D eigenvalue weighted by molar-refractivity contribution is 0.0923. The molecule has 1 amide bonds. The van der Waals surface area contributed by atoms with Crippen molar-refractivity contribution in [2.24, 2.45) is 0 Å². The first kappa shape index (κ1) is 16.9. The van der Waals surface area contributed by atoms with Gasteiger partial charge in [0.2, 0.25) is 0 Å². The third kappa shape index (κ3) is 3.54. The molecule has 1 aliphatic heterocycles. The van der Waals surface area contributed by atoms with Crippen molar-refractivity contribution in [1.29, 1.82) is 0 Å². The summed E-state index contributed by atoms with van der Waals surface area (Å²) in [5.41, 5.74) is 1.12. The van der Waals surface area contributed by atoms with Gasteiger partial charge in [-0.2, -0.15) is 0 Å². The fraction of sp³-hybridized carbons (Fsp3) is 0.316. The Kier molecular flexibility index (Phi) is 4.81. The van der Waals surface area contributed by atoms with Crippen molar-refractivity contribution in [3.8, 4) is 16.3 Å². The molecule has 134 valence electrons. The van der Waals surface area contributed by atoms with Gasteiger partial charge < -0.3 is 15.4 Å². The topological polar surface area (TPSA) is 76.1 Å². The lowest BCUT2D eigenvalue weighted by Crippen LogP contribution is -2.42. The first-order valence-corrected chi connectivity index (χ1v) is 9.48. The van der Waals surface area contributed by atoms with E-state index in [-0.39, 0.29) is 11.9 Å². The van der Waals surface area contributed by atoms with Crippen LogP contribution in [-0.2, 0) is 0 Å². The van der Waals surface area contributed by atoms with Crippen molar-refractivity contribution in [3.63, 3.8) is 0 Å². The zero-order valence-corrected chi connectivity index (χ0v) is 15.3. The van der Waals surface area contributed by atoms with E-state index in [4.69, 9.17) is 4.74 Å². The average molecular weight is 368 g/mol. The van der Waals surface area contributed by atoms with Crippen molar-refractivity contribution in [1.82, 2.24) is 20.8 Å². The molecule has 7 heteroatoms. The minimum atomic E-state index is -0.156. The van der Waals surface area contributed by atoms with Gasteiger partial charge in [-0.15, -0.1) is 21.5 Å². The van der Waals surface area contributed by atoms with E-state index in [0.717, 1.165) is 52.3 Å². The second kappa shape index (κ2) is 7.39. The fourth-order valence-electron chi connectivity index (χ4n) is 3.09. The van der Waals surface area contributed by atoms with Crippen LogP contribution in [0.1, 0.15) is 23.3 Å². The minimum absolute atomic E-state index is 0.156. The number of hydrogen-bond acceptors (Lipinski definition) is 6. The van der Waals surface area contributed by atoms with Gasteiger partial charge in [-0.25, -0.2) is 0 Å². The van der Waals surface area contributed by atoms with E-state index >= 15 is 0 Å². The van der Waals surface area contributed by atoms with Gasteiger partial charge in [0, 0.05) is 10.7 Å². The number of ether oxygens (including phenoxy) is 1. The minimum Gasteiger partial charge on any atom is -0.497 e. The summed E-state index contributed by atoms with van der Waals surface area (Å²) in [6.45, 7) is 1.87. The van der Waals surface area contributed by atoms with E-state index in [1.54, 1.807) is 24.5 Å². The number of hydrogen-bond donors (Lipinski definition) is 2. The first-order chi connectivity index (χ1) is 12.7. The van der Waals surface area contributed by atoms with Crippen LogP contribution in [0.3, 0.4) is 0 Å². The summed E-state index contributed by atoms with van der Waals surface area (Å²) in [5.74, 6) is 0.676. The van der Waals surface area contributed by atoms with Crippen LogP contribution in [0, 0.1) is 0 Å². The Labute approximate surface area is 155 Å². The first-order valence-electron chi connectivity index (χ1n) is 8.66. The summed E-state index contributed by atoms with van der Waals surface area (Å²) in [6.07, 6.45) is 1.89. The Balaban J connectivity index is 1.51. The number of methoxy groups -OCH3 is 1. The lowest BCUT2D eigenvalue weighted by atomic mass is 10.1. The molecule has 0 aliphatic carbocycles. The molecular formula is C19H20N4O2S. The molecule has 0 bridgehead atoms. The molecule has 0 saturated carbocycles. The molecule has 2 aromatic heterocycles. The van der Waals surface area contributed by atoms with Gasteiger partial charge in [0.1, 0.15) is 11.4 Å². The zero-order valence-electron chi connectivity index (χ0n) is 14.5. The van der Waals surface area contributed by atoms with Gasteiger partial charge in [-0.1, -0.05) is 0 Å². The Morgan fingerprint density at radius 1 is 1.19 bits per heavy atom. The normalized spacial score (nSPS) is 15.1. The predicted octanol–water partition coefficient (Wildman–Crippen LogP) is 2.85. The molecule has 0 atom stereocenters. The highest BCUT2D eigenvalue weighted by molar-refractivity contribution is 7.22. The number of amides is 1. The van der Waals surface area contributed by atoms with Crippen molar-refractivity contribution < 1.29 is 9.53 Å². The van der Waals surface area contributed by atoms with Crippen molar-refractivity contribution in [2.75, 3.05) is 20.2 Å². The van der Waals surface area contributed by atoms with E-state index in [9.17, 15) is 4.79 Å². The predicted molar refractivity (Wildman–Crippen MR) is 103 cm³/mol. The number of fused-ring (bicyclic) bond motifs is 1. The van der Waals surface area contributed by atoms with Crippen LogP contribution in [0.2, 0.25) is 0 Å². The quantitative estimate of drug-likeness (QED) is 0.741. The molecule has 0 spiro atoms. The van der Waals surface area contributed by atoms with Crippen LogP contribution in [0.25, 0.3) is 20.7 Å². The summed E-state index contributed by atoms with van der Waals surface area (Å²) < 4.78 is 6.43. The molecule has 3 aromatic rings. The van der Waals surface area contributed by atoms with Crippen LogP contribution in [0.4, 0.5) is 0 Å². The second-order valence-electron chi connectivity index (χ2n) is 6.32. The summed E-state index contributed by atoms with van der Waals surface area (Å²) in [5, 5.41) is 15.8. The maximum atomic E-state index is 12.3. The largest absolute Gasteiger partial charge is 0.497 e. The molecule has 3 heterocycles. The van der Waals surface area contributed by atoms with E-state index < -0.39 is 0 Å². The molecule has 1 fully saturated rings. The van der Waals surface area contributed by atoms with Crippen LogP contribution in [0.5, 0.6) is 5.75 Å². The third-order valence-electron chi connectivity index (χ3n) is 4.55. The van der Waals surface area contributed by atoms with Crippen LogP contribution >= 0.6 is 11.3 Å². The molecular weight excluding hydrogens is 348 g/mol. The average Bonchev–Trinajstić information content (AvgIpc) is 3.12. The Hall–Kier alpha value is -2.51. The maximum Gasteiger partial charge on any atom is 0.272 e. The number of benzene rings is 1. The number of piperidine rings is 1. The number of rotatable bonds is 4. The summed E-state index contributed by atoms with van der Waals surface area (Å²) in [4.78, 5) is 13.3. The number of carbonyl (C=O) groups excluding carboxylic acids is 1. The number of aromatic nitrogens is 2. The summed E-state index contributed by atoms with van der Waals surface area (Å²) in [7, 11) is 1.66. The molecule has 4 rings (SSSR count). The number of carbonyl (C=O) groups is 1. The third-order valence-corrected chi connectivity index (χ3v) is 5.69. The van der Waals surface area contributed by atoms with Crippen LogP contribution in [-0.4, -0.2) is 42.3 Å². The van der Waals surface area contributed by atoms with Gasteiger partial charge in [0.15, 0.2) is 5.69 Å². The van der Waals surface area contributed by atoms with E-state index in [2.05, 4.69) is 26.9 Å². The number of nitrogens with zero attached hydrogens (tertiary/aromatic N) is 2. The highest BCUT2D eigenvalue weighted by Crippen LogP contribution is 2.34. The van der Waals surface area contributed by atoms with Crippen molar-refractivity contribution in [2.45, 2.75) is 18.9 Å². The molecule has 1 aromatic carbocycles. The lowest BCUT2D eigenvalue weighted by Gasteiger charge is -2.23. The number of nitrogens with one attached hydrogen (secondary N) is 2. The molecule has 0 unspecified atom stereocenters. The molecule has 26 heavy (non-hydrogen) atoms. The molecule has 1 saturated heterocycles. The zero-order chi connectivity index (χ0) is 17.9. The Bertz CT molecular complexity index is 917. The second-order valence-corrected chi connectivity index (χ2v) is 7.40. The Morgan fingerprint density at radius 3 is 2.77 bits per heavy atom. The molecule has 1 aliphatic rings. The SMILES string of the molecule is COc1ccc2sc(-c3ccc(C(=O)NC4CCNCC4)nn3)cc2c1. The highest BCUT2D eigenvalue weighted by Gasteiger charge is 2.17. The number of thiophene rings is 1. The fourth-order valence-corrected chi connectivity index (χ4v) is 4.09. The smallest absolute Gasteiger partial charge is 0.272 e. The van der Waals surface area contributed by atoms with Gasteiger partial charge in [0.25, 0.3) is 5.91 Å². The van der Waals surface area contributed by atoms with Crippen LogP contribution in [0.15, 0.2) is 36.4 Å². The van der Waals surface area contributed by atoms with Gasteiger partial charge in [-0.3, -0.25) is 4.79 Å². The molecule has 2 N–H and O–H groups in total. The van der Waals surface area contributed by atoms with Crippen LogP contribution < -0.4 is 15.4 Å². The maximum absolute atomic E-state index is 12.3. The Morgan fingerprint density at radius 2 is 2.04 bits per heavy atom. The monoisotopic (exact) mass is 368 g/mol. The van der Waals surface area contributed by atoms with Crippen molar-refractivity contribution in [3.05, 3.63) is 42.1 Å². The van der Waals surface area contributed by atoms with E-state index in [1.165, 1.54) is 0 Å². The highest BCUT2D eigenvalue weighted by atomic mass is 32.1. The van der Waals surface area contributed by atoms with E-state index in [1.807, 2.05) is 24.3 Å². The van der Waals surface area contributed by atoms with Gasteiger partial charge >= 0.3 is 0 Å². The summed E-state index contributed by atoms with van der Waals surface area (Å²) >= 11 is 1.65. The van der Waals surface area contributed by atoms with E-state index in [0.29, 0.717) is 5.69 Å². The summed E-state index contributed by atoms with van der Waals surface area (Å²) in [6, 6.07) is 11.9. The van der Waals surface area contributed by atoms with Gasteiger partial charge in [-0.05, 0) is 67.7 Å². The molecule has 0 radical (unpaired) electrons.